The number of benzene rings is 1. The molecule has 2 amide bonds. The third-order valence-electron chi connectivity index (χ3n) is 2.45. The highest BCUT2D eigenvalue weighted by Crippen LogP contribution is 2.12. The van der Waals surface area contributed by atoms with E-state index in [0.717, 1.165) is 0 Å². The van der Waals surface area contributed by atoms with Crippen LogP contribution in [0.2, 0.25) is 0 Å². The maximum absolute atomic E-state index is 12.7. The first-order valence-corrected chi connectivity index (χ1v) is 6.13. The van der Waals surface area contributed by atoms with Gasteiger partial charge in [-0.15, -0.1) is 0 Å². The fourth-order valence-corrected chi connectivity index (χ4v) is 1.31. The van der Waals surface area contributed by atoms with Crippen molar-refractivity contribution in [1.82, 2.24) is 5.32 Å². The molecule has 0 bridgehead atoms. The van der Waals surface area contributed by atoms with Gasteiger partial charge < -0.3 is 10.6 Å². The van der Waals surface area contributed by atoms with Gasteiger partial charge in [0.1, 0.15) is 5.82 Å². The Hall–Kier alpha value is -1.91. The molecule has 1 aromatic carbocycles. The first-order chi connectivity index (χ1) is 8.79. The van der Waals surface area contributed by atoms with Gasteiger partial charge in [-0.3, -0.25) is 9.59 Å². The minimum absolute atomic E-state index is 0.0953. The summed E-state index contributed by atoms with van der Waals surface area (Å²) in [5.41, 5.74) is 0.0708. The molecule has 0 atom stereocenters. The topological polar surface area (TPSA) is 58.2 Å². The molecule has 0 fully saturated rings. The maximum atomic E-state index is 12.7. The number of amides is 2. The lowest BCUT2D eigenvalue weighted by molar-refractivity contribution is -0.128. The van der Waals surface area contributed by atoms with Crippen molar-refractivity contribution in [3.05, 3.63) is 30.1 Å². The molecule has 1 rings (SSSR count). The molecule has 0 aliphatic heterocycles. The number of nitrogens with one attached hydrogen (secondary N) is 2. The molecule has 0 heterocycles. The number of hydrogen-bond donors (Lipinski definition) is 2. The van der Waals surface area contributed by atoms with Crippen LogP contribution in [0.3, 0.4) is 0 Å². The normalized spacial score (nSPS) is 10.9. The van der Waals surface area contributed by atoms with Crippen LogP contribution in [0.15, 0.2) is 24.3 Å². The summed E-state index contributed by atoms with van der Waals surface area (Å²) in [4.78, 5) is 23.1. The molecular formula is C14H19FN2O2. The molecule has 0 spiro atoms. The molecular weight excluding hydrogens is 247 g/mol. The molecule has 0 radical (unpaired) electrons. The number of hydrogen-bond acceptors (Lipinski definition) is 2. The second-order valence-electron chi connectivity index (χ2n) is 5.31. The van der Waals surface area contributed by atoms with E-state index in [0.29, 0.717) is 5.69 Å². The number of carbonyl (C=O) groups excluding carboxylic acids is 2. The van der Waals surface area contributed by atoms with E-state index in [1.54, 1.807) is 20.8 Å². The third kappa shape index (κ3) is 5.50. The van der Waals surface area contributed by atoms with Crippen molar-refractivity contribution >= 4 is 17.5 Å². The average Bonchev–Trinajstić information content (AvgIpc) is 2.31. The van der Waals surface area contributed by atoms with Crippen molar-refractivity contribution < 1.29 is 14.0 Å². The lowest BCUT2D eigenvalue weighted by Crippen LogP contribution is -2.36. The Bertz CT molecular complexity index is 450. The SMILES string of the molecule is CC(C)(C)C(=O)NCCC(=O)Nc1ccc(F)cc1. The average molecular weight is 266 g/mol. The second-order valence-corrected chi connectivity index (χ2v) is 5.31. The highest BCUT2D eigenvalue weighted by molar-refractivity contribution is 5.91. The van der Waals surface area contributed by atoms with Crippen molar-refractivity contribution in [2.24, 2.45) is 5.41 Å². The zero-order valence-electron chi connectivity index (χ0n) is 11.4. The Morgan fingerprint density at radius 1 is 1.16 bits per heavy atom. The van der Waals surface area contributed by atoms with Gasteiger partial charge in [0.2, 0.25) is 11.8 Å². The van der Waals surface area contributed by atoms with E-state index in [-0.39, 0.29) is 30.6 Å². The van der Waals surface area contributed by atoms with Crippen LogP contribution in [0.1, 0.15) is 27.2 Å². The third-order valence-corrected chi connectivity index (χ3v) is 2.45. The summed E-state index contributed by atoms with van der Waals surface area (Å²) in [7, 11) is 0. The van der Waals surface area contributed by atoms with E-state index in [9.17, 15) is 14.0 Å². The predicted octanol–water partition coefficient (Wildman–Crippen LogP) is 2.32. The van der Waals surface area contributed by atoms with E-state index in [4.69, 9.17) is 0 Å². The Labute approximate surface area is 112 Å². The minimum Gasteiger partial charge on any atom is -0.355 e. The van der Waals surface area contributed by atoms with Gasteiger partial charge in [0.05, 0.1) is 0 Å². The first kappa shape index (κ1) is 15.1. The van der Waals surface area contributed by atoms with Gasteiger partial charge in [-0.25, -0.2) is 4.39 Å². The zero-order chi connectivity index (χ0) is 14.5. The minimum atomic E-state index is -0.465. The summed E-state index contributed by atoms with van der Waals surface area (Å²) in [5, 5.41) is 5.31. The molecule has 0 aliphatic carbocycles. The van der Waals surface area contributed by atoms with Crippen LogP contribution in [0.25, 0.3) is 0 Å². The second kappa shape index (κ2) is 6.31. The lowest BCUT2D eigenvalue weighted by Gasteiger charge is -2.17. The summed E-state index contributed by atoms with van der Waals surface area (Å²) in [6.45, 7) is 5.70. The quantitative estimate of drug-likeness (QED) is 0.878. The fraction of sp³-hybridized carbons (Fsp3) is 0.429. The van der Waals surface area contributed by atoms with Gasteiger partial charge in [-0.1, -0.05) is 20.8 Å². The highest BCUT2D eigenvalue weighted by Gasteiger charge is 2.20. The largest absolute Gasteiger partial charge is 0.355 e. The molecule has 2 N–H and O–H groups in total. The van der Waals surface area contributed by atoms with Gasteiger partial charge in [0, 0.05) is 24.1 Å². The van der Waals surface area contributed by atoms with E-state index >= 15 is 0 Å². The summed E-state index contributed by atoms with van der Waals surface area (Å²) >= 11 is 0. The Morgan fingerprint density at radius 3 is 2.26 bits per heavy atom. The molecule has 5 heteroatoms. The number of rotatable bonds is 4. The number of halogens is 1. The van der Waals surface area contributed by atoms with E-state index in [1.165, 1.54) is 24.3 Å². The molecule has 0 aromatic heterocycles. The monoisotopic (exact) mass is 266 g/mol. The molecule has 0 saturated heterocycles. The summed E-state index contributed by atoms with van der Waals surface area (Å²) in [6.07, 6.45) is 0.180. The number of anilines is 1. The van der Waals surface area contributed by atoms with E-state index in [1.807, 2.05) is 0 Å². The Balaban J connectivity index is 2.33. The maximum Gasteiger partial charge on any atom is 0.226 e. The van der Waals surface area contributed by atoms with Gasteiger partial charge in [-0.2, -0.15) is 0 Å². The van der Waals surface area contributed by atoms with Crippen molar-refractivity contribution in [3.8, 4) is 0 Å². The molecule has 4 nitrogen and oxygen atoms in total. The smallest absolute Gasteiger partial charge is 0.226 e. The van der Waals surface area contributed by atoms with Crippen LogP contribution < -0.4 is 10.6 Å². The van der Waals surface area contributed by atoms with Crippen molar-refractivity contribution in [2.75, 3.05) is 11.9 Å². The van der Waals surface area contributed by atoms with Crippen LogP contribution >= 0.6 is 0 Å². The zero-order valence-corrected chi connectivity index (χ0v) is 11.4. The van der Waals surface area contributed by atoms with Crippen LogP contribution in [-0.2, 0) is 9.59 Å². The highest BCUT2D eigenvalue weighted by atomic mass is 19.1. The molecule has 19 heavy (non-hydrogen) atoms. The lowest BCUT2D eigenvalue weighted by atomic mass is 9.96. The van der Waals surface area contributed by atoms with E-state index in [2.05, 4.69) is 10.6 Å². The molecule has 104 valence electrons. The molecule has 0 saturated carbocycles. The van der Waals surface area contributed by atoms with Gasteiger partial charge >= 0.3 is 0 Å². The van der Waals surface area contributed by atoms with Gasteiger partial charge in [0.25, 0.3) is 0 Å². The van der Waals surface area contributed by atoms with Gasteiger partial charge in [-0.05, 0) is 24.3 Å². The summed E-state index contributed by atoms with van der Waals surface area (Å²) in [6, 6.07) is 5.52. The van der Waals surface area contributed by atoms with Gasteiger partial charge in [0.15, 0.2) is 0 Å². The standard InChI is InChI=1S/C14H19FN2O2/c1-14(2,3)13(19)16-9-8-12(18)17-11-6-4-10(15)5-7-11/h4-7H,8-9H2,1-3H3,(H,16,19)(H,17,18). The van der Waals surface area contributed by atoms with Crippen molar-refractivity contribution in [1.29, 1.82) is 0 Å². The Kier molecular flexibility index (Phi) is 5.03. The number of carbonyl (C=O) groups is 2. The summed E-state index contributed by atoms with van der Waals surface area (Å²) in [5.74, 6) is -0.668. The molecule has 1 aromatic rings. The van der Waals surface area contributed by atoms with Crippen molar-refractivity contribution in [2.45, 2.75) is 27.2 Å². The summed E-state index contributed by atoms with van der Waals surface area (Å²) < 4.78 is 12.7. The van der Waals surface area contributed by atoms with Crippen LogP contribution in [0.4, 0.5) is 10.1 Å². The van der Waals surface area contributed by atoms with Crippen LogP contribution in [-0.4, -0.2) is 18.4 Å². The predicted molar refractivity (Wildman–Crippen MR) is 72.1 cm³/mol. The molecule has 0 unspecified atom stereocenters. The molecule has 0 aliphatic rings. The first-order valence-electron chi connectivity index (χ1n) is 6.13. The Morgan fingerprint density at radius 2 is 1.74 bits per heavy atom. The van der Waals surface area contributed by atoms with Crippen LogP contribution in [0.5, 0.6) is 0 Å². The van der Waals surface area contributed by atoms with Crippen molar-refractivity contribution in [3.63, 3.8) is 0 Å². The fourth-order valence-electron chi connectivity index (χ4n) is 1.31. The van der Waals surface area contributed by atoms with Crippen LogP contribution in [0, 0.1) is 11.2 Å². The van der Waals surface area contributed by atoms with E-state index < -0.39 is 5.41 Å².